The van der Waals surface area contributed by atoms with Gasteiger partial charge in [-0.3, -0.25) is 4.68 Å². The monoisotopic (exact) mass is 360 g/mol. The van der Waals surface area contributed by atoms with E-state index in [2.05, 4.69) is 21.1 Å². The van der Waals surface area contributed by atoms with Crippen LogP contribution >= 0.6 is 22.9 Å². The lowest BCUT2D eigenvalue weighted by molar-refractivity contribution is 0.240. The molecule has 0 radical (unpaired) electrons. The SMILES string of the molecule is O=C(NCCn1ccc(-c2ccsc2)n1)NCc1ccc(Cl)cc1. The molecule has 0 saturated heterocycles. The second kappa shape index (κ2) is 7.99. The van der Waals surface area contributed by atoms with Crippen molar-refractivity contribution in [3.05, 3.63) is 63.9 Å². The quantitative estimate of drug-likeness (QED) is 0.703. The van der Waals surface area contributed by atoms with Gasteiger partial charge in [-0.1, -0.05) is 23.7 Å². The summed E-state index contributed by atoms with van der Waals surface area (Å²) in [6.07, 6.45) is 1.92. The van der Waals surface area contributed by atoms with Crippen LogP contribution in [-0.4, -0.2) is 22.4 Å². The molecule has 0 bridgehead atoms. The first-order valence-electron chi connectivity index (χ1n) is 7.53. The molecule has 0 aliphatic heterocycles. The van der Waals surface area contributed by atoms with Crippen LogP contribution in [0.15, 0.2) is 53.4 Å². The predicted molar refractivity (Wildman–Crippen MR) is 97.2 cm³/mol. The summed E-state index contributed by atoms with van der Waals surface area (Å²) < 4.78 is 1.83. The molecule has 0 unspecified atom stereocenters. The second-order valence-corrected chi connectivity index (χ2v) is 6.43. The van der Waals surface area contributed by atoms with Gasteiger partial charge in [-0.25, -0.2) is 4.79 Å². The zero-order valence-corrected chi connectivity index (χ0v) is 14.5. The van der Waals surface area contributed by atoms with E-state index < -0.39 is 0 Å². The van der Waals surface area contributed by atoms with Gasteiger partial charge in [0.25, 0.3) is 0 Å². The third kappa shape index (κ3) is 4.59. The average Bonchev–Trinajstić information content (AvgIpc) is 3.25. The summed E-state index contributed by atoms with van der Waals surface area (Å²) in [5, 5.41) is 14.9. The number of nitrogens with one attached hydrogen (secondary N) is 2. The van der Waals surface area contributed by atoms with E-state index in [-0.39, 0.29) is 6.03 Å². The number of amides is 2. The van der Waals surface area contributed by atoms with Gasteiger partial charge in [0, 0.05) is 35.3 Å². The minimum Gasteiger partial charge on any atom is -0.336 e. The van der Waals surface area contributed by atoms with Gasteiger partial charge in [0.2, 0.25) is 0 Å². The van der Waals surface area contributed by atoms with E-state index in [9.17, 15) is 4.79 Å². The van der Waals surface area contributed by atoms with Crippen LogP contribution in [0.2, 0.25) is 5.02 Å². The molecule has 0 aliphatic rings. The molecule has 3 rings (SSSR count). The number of nitrogens with zero attached hydrogens (tertiary/aromatic N) is 2. The highest BCUT2D eigenvalue weighted by Crippen LogP contribution is 2.19. The first-order chi connectivity index (χ1) is 11.7. The van der Waals surface area contributed by atoms with E-state index in [0.29, 0.717) is 24.7 Å². The molecule has 2 heterocycles. The smallest absolute Gasteiger partial charge is 0.315 e. The van der Waals surface area contributed by atoms with Crippen LogP contribution in [0.5, 0.6) is 0 Å². The van der Waals surface area contributed by atoms with Crippen LogP contribution in [0, 0.1) is 0 Å². The maximum atomic E-state index is 11.8. The summed E-state index contributed by atoms with van der Waals surface area (Å²) in [5.41, 5.74) is 3.07. The zero-order chi connectivity index (χ0) is 16.8. The number of aromatic nitrogens is 2. The minimum atomic E-state index is -0.199. The Balaban J connectivity index is 1.40. The van der Waals surface area contributed by atoms with Gasteiger partial charge in [-0.2, -0.15) is 16.4 Å². The molecule has 124 valence electrons. The Morgan fingerprint density at radius 2 is 2.00 bits per heavy atom. The van der Waals surface area contributed by atoms with E-state index in [1.54, 1.807) is 23.5 Å². The van der Waals surface area contributed by atoms with Crippen molar-refractivity contribution in [3.8, 4) is 11.3 Å². The number of hydrogen-bond donors (Lipinski definition) is 2. The first kappa shape index (κ1) is 16.5. The van der Waals surface area contributed by atoms with Crippen LogP contribution in [0.4, 0.5) is 4.79 Å². The lowest BCUT2D eigenvalue weighted by Gasteiger charge is -2.08. The predicted octanol–water partition coefficient (Wildman–Crippen LogP) is 3.76. The fourth-order valence-electron chi connectivity index (χ4n) is 2.18. The number of benzene rings is 1. The number of halogens is 1. The van der Waals surface area contributed by atoms with E-state index in [1.807, 2.05) is 40.5 Å². The minimum absolute atomic E-state index is 0.199. The Labute approximate surface area is 149 Å². The van der Waals surface area contributed by atoms with Crippen molar-refractivity contribution in [2.75, 3.05) is 6.54 Å². The van der Waals surface area contributed by atoms with Gasteiger partial charge >= 0.3 is 6.03 Å². The topological polar surface area (TPSA) is 59.0 Å². The molecule has 7 heteroatoms. The lowest BCUT2D eigenvalue weighted by Crippen LogP contribution is -2.36. The van der Waals surface area contributed by atoms with Crippen LogP contribution in [-0.2, 0) is 13.1 Å². The van der Waals surface area contributed by atoms with Crippen LogP contribution in [0.25, 0.3) is 11.3 Å². The number of carbonyl (C=O) groups is 1. The van der Waals surface area contributed by atoms with Gasteiger partial charge in [-0.05, 0) is 35.2 Å². The van der Waals surface area contributed by atoms with Crippen molar-refractivity contribution in [3.63, 3.8) is 0 Å². The third-order valence-corrected chi connectivity index (χ3v) is 4.39. The highest BCUT2D eigenvalue weighted by atomic mass is 35.5. The Kier molecular flexibility index (Phi) is 5.51. The van der Waals surface area contributed by atoms with Crippen LogP contribution in [0.1, 0.15) is 5.56 Å². The van der Waals surface area contributed by atoms with E-state index in [0.717, 1.165) is 16.8 Å². The Bertz CT molecular complexity index is 783. The molecule has 2 amide bonds. The molecule has 2 aromatic heterocycles. The molecular formula is C17H17ClN4OS. The summed E-state index contributed by atoms with van der Waals surface area (Å²) in [5.74, 6) is 0. The number of urea groups is 1. The molecule has 0 atom stereocenters. The summed E-state index contributed by atoms with van der Waals surface area (Å²) >= 11 is 7.48. The second-order valence-electron chi connectivity index (χ2n) is 5.21. The number of carbonyl (C=O) groups excluding carboxylic acids is 1. The van der Waals surface area contributed by atoms with Crippen molar-refractivity contribution in [1.82, 2.24) is 20.4 Å². The van der Waals surface area contributed by atoms with Crippen molar-refractivity contribution in [2.45, 2.75) is 13.1 Å². The molecule has 2 N–H and O–H groups in total. The zero-order valence-electron chi connectivity index (χ0n) is 12.9. The highest BCUT2D eigenvalue weighted by Gasteiger charge is 2.04. The molecule has 0 aliphatic carbocycles. The Morgan fingerprint density at radius 1 is 1.17 bits per heavy atom. The fourth-order valence-corrected chi connectivity index (χ4v) is 2.96. The normalized spacial score (nSPS) is 10.5. The summed E-state index contributed by atoms with van der Waals surface area (Å²) in [6, 6.07) is 11.2. The van der Waals surface area contributed by atoms with Crippen molar-refractivity contribution in [2.24, 2.45) is 0 Å². The summed E-state index contributed by atoms with van der Waals surface area (Å²) in [6.45, 7) is 1.60. The molecule has 5 nitrogen and oxygen atoms in total. The third-order valence-electron chi connectivity index (χ3n) is 3.45. The van der Waals surface area contributed by atoms with E-state index >= 15 is 0 Å². The number of thiophene rings is 1. The molecule has 0 fully saturated rings. The maximum absolute atomic E-state index is 11.8. The first-order valence-corrected chi connectivity index (χ1v) is 8.85. The fraction of sp³-hybridized carbons (Fsp3) is 0.176. The molecule has 0 spiro atoms. The lowest BCUT2D eigenvalue weighted by atomic mass is 10.2. The summed E-state index contributed by atoms with van der Waals surface area (Å²) in [4.78, 5) is 11.8. The van der Waals surface area contributed by atoms with Gasteiger partial charge in [0.15, 0.2) is 0 Å². The molecular weight excluding hydrogens is 344 g/mol. The van der Waals surface area contributed by atoms with Crippen LogP contribution in [0.3, 0.4) is 0 Å². The van der Waals surface area contributed by atoms with Gasteiger partial charge < -0.3 is 10.6 Å². The average molecular weight is 361 g/mol. The molecule has 24 heavy (non-hydrogen) atoms. The molecule has 0 saturated carbocycles. The summed E-state index contributed by atoms with van der Waals surface area (Å²) in [7, 11) is 0. The van der Waals surface area contributed by atoms with E-state index in [1.165, 1.54) is 0 Å². The van der Waals surface area contributed by atoms with Crippen molar-refractivity contribution in [1.29, 1.82) is 0 Å². The number of hydrogen-bond acceptors (Lipinski definition) is 3. The van der Waals surface area contributed by atoms with Crippen molar-refractivity contribution < 1.29 is 4.79 Å². The van der Waals surface area contributed by atoms with Gasteiger partial charge in [0.05, 0.1) is 12.2 Å². The van der Waals surface area contributed by atoms with Crippen LogP contribution < -0.4 is 10.6 Å². The standard InChI is InChI=1S/C17H17ClN4OS/c18-15-3-1-13(2-4-15)11-20-17(23)19-7-9-22-8-5-16(21-22)14-6-10-24-12-14/h1-6,8,10,12H,7,9,11H2,(H2,19,20,23). The maximum Gasteiger partial charge on any atom is 0.315 e. The van der Waals surface area contributed by atoms with E-state index in [4.69, 9.17) is 11.6 Å². The highest BCUT2D eigenvalue weighted by molar-refractivity contribution is 7.08. The molecule has 3 aromatic rings. The van der Waals surface area contributed by atoms with Crippen molar-refractivity contribution >= 4 is 29.0 Å². The number of rotatable bonds is 6. The molecule has 1 aromatic carbocycles. The Morgan fingerprint density at radius 3 is 2.75 bits per heavy atom. The Hall–Kier alpha value is -2.31. The van der Waals surface area contributed by atoms with Gasteiger partial charge in [-0.15, -0.1) is 0 Å². The van der Waals surface area contributed by atoms with Gasteiger partial charge in [0.1, 0.15) is 0 Å². The largest absolute Gasteiger partial charge is 0.336 e.